The molecular weight excluding hydrogens is 516 g/mol. The quantitative estimate of drug-likeness (QED) is 0.392. The summed E-state index contributed by atoms with van der Waals surface area (Å²) in [6.07, 6.45) is 2.66. The van der Waals surface area contributed by atoms with Crippen molar-refractivity contribution in [3.05, 3.63) is 46.9 Å². The van der Waals surface area contributed by atoms with E-state index in [4.69, 9.17) is 20.8 Å². The molecule has 0 aliphatic carbocycles. The highest BCUT2D eigenvalue weighted by atomic mass is 35.5. The molecule has 12 nitrogen and oxygen atoms in total. The molecule has 13 heteroatoms. The Morgan fingerprint density at radius 1 is 1.13 bits per heavy atom. The van der Waals surface area contributed by atoms with Crippen LogP contribution in [0.3, 0.4) is 0 Å². The fourth-order valence-electron chi connectivity index (χ4n) is 3.80. The summed E-state index contributed by atoms with van der Waals surface area (Å²) >= 11 is 5.86. The van der Waals surface area contributed by atoms with E-state index in [1.807, 2.05) is 0 Å². The number of hydrogen-bond acceptors (Lipinski definition) is 8. The number of amides is 4. The van der Waals surface area contributed by atoms with E-state index < -0.39 is 5.91 Å². The van der Waals surface area contributed by atoms with Crippen molar-refractivity contribution in [2.24, 2.45) is 0 Å². The summed E-state index contributed by atoms with van der Waals surface area (Å²) in [4.78, 5) is 61.8. The molecule has 4 rings (SSSR count). The Hall–Kier alpha value is -4.03. The fourth-order valence-corrected chi connectivity index (χ4v) is 3.91. The highest BCUT2D eigenvalue weighted by Gasteiger charge is 2.25. The van der Waals surface area contributed by atoms with Gasteiger partial charge in [0.05, 0.1) is 11.6 Å². The average Bonchev–Trinajstić information content (AvgIpc) is 3.26. The molecule has 1 fully saturated rings. The maximum Gasteiger partial charge on any atom is 0.294 e. The summed E-state index contributed by atoms with van der Waals surface area (Å²) < 4.78 is 10.9. The first-order valence-electron chi connectivity index (χ1n) is 12.0. The van der Waals surface area contributed by atoms with Crippen LogP contribution in [0.15, 0.2) is 34.9 Å². The zero-order chi connectivity index (χ0) is 27.2. The number of hydrogen-bond donors (Lipinski definition) is 2. The van der Waals surface area contributed by atoms with Crippen LogP contribution in [0.4, 0.5) is 11.5 Å². The van der Waals surface area contributed by atoms with Crippen molar-refractivity contribution in [2.75, 3.05) is 51.0 Å². The number of carbonyl (C=O) groups excluding carboxylic acids is 4. The summed E-state index contributed by atoms with van der Waals surface area (Å²) in [5.74, 6) is -1.41. The normalized spacial score (nSPS) is 13.4. The lowest BCUT2D eigenvalue weighted by Gasteiger charge is -2.26. The number of fused-ring (bicyclic) bond motifs is 1. The Bertz CT molecular complexity index is 1360. The highest BCUT2D eigenvalue weighted by molar-refractivity contribution is 6.30. The lowest BCUT2D eigenvalue weighted by Crippen LogP contribution is -2.42. The summed E-state index contributed by atoms with van der Waals surface area (Å²) in [6.45, 7) is 1.65. The van der Waals surface area contributed by atoms with Crippen LogP contribution in [0.1, 0.15) is 40.3 Å². The maximum atomic E-state index is 13.1. The van der Waals surface area contributed by atoms with Crippen molar-refractivity contribution < 1.29 is 28.3 Å². The van der Waals surface area contributed by atoms with Gasteiger partial charge in [-0.05, 0) is 37.1 Å². The van der Waals surface area contributed by atoms with Crippen LogP contribution in [-0.4, -0.2) is 83.8 Å². The summed E-state index contributed by atoms with van der Waals surface area (Å²) in [6, 6.07) is 6.09. The molecule has 0 spiro atoms. The van der Waals surface area contributed by atoms with Crippen LogP contribution in [-0.2, 0) is 14.3 Å². The van der Waals surface area contributed by atoms with Gasteiger partial charge in [0.1, 0.15) is 29.3 Å². The number of anilines is 2. The molecule has 4 heterocycles. The molecule has 0 saturated carbocycles. The van der Waals surface area contributed by atoms with Gasteiger partial charge in [0.25, 0.3) is 11.8 Å². The predicted octanol–water partition coefficient (Wildman–Crippen LogP) is 2.80. The van der Waals surface area contributed by atoms with Gasteiger partial charge < -0.3 is 29.6 Å². The number of rotatable bonds is 9. The molecule has 0 bridgehead atoms. The number of unbranched alkanes of at least 4 members (excludes halogenated alkanes) is 1. The number of morpholine rings is 1. The second kappa shape index (κ2) is 12.0. The monoisotopic (exact) mass is 542 g/mol. The first-order chi connectivity index (χ1) is 18.2. The van der Waals surface area contributed by atoms with Crippen molar-refractivity contribution in [1.82, 2.24) is 19.8 Å². The molecule has 0 radical (unpaired) electrons. The number of carbonyl (C=O) groups is 4. The van der Waals surface area contributed by atoms with Gasteiger partial charge in [0, 0.05) is 39.8 Å². The first kappa shape index (κ1) is 27.0. The number of aromatic nitrogens is 2. The zero-order valence-electron chi connectivity index (χ0n) is 21.0. The van der Waals surface area contributed by atoms with Crippen LogP contribution < -0.4 is 10.6 Å². The molecule has 3 aromatic heterocycles. The van der Waals surface area contributed by atoms with Gasteiger partial charge in [-0.1, -0.05) is 11.6 Å². The maximum absolute atomic E-state index is 13.1. The first-order valence-corrected chi connectivity index (χ1v) is 12.3. The van der Waals surface area contributed by atoms with Crippen LogP contribution in [0.25, 0.3) is 11.1 Å². The van der Waals surface area contributed by atoms with Gasteiger partial charge in [-0.3, -0.25) is 19.2 Å². The largest absolute Gasteiger partial charge is 0.447 e. The summed E-state index contributed by atoms with van der Waals surface area (Å²) in [5, 5.41) is 5.74. The number of halogens is 1. The average molecular weight is 543 g/mol. The van der Waals surface area contributed by atoms with E-state index >= 15 is 0 Å². The van der Waals surface area contributed by atoms with Crippen molar-refractivity contribution in [3.63, 3.8) is 0 Å². The number of ether oxygens (including phenoxy) is 1. The van der Waals surface area contributed by atoms with E-state index in [0.29, 0.717) is 37.6 Å². The minimum absolute atomic E-state index is 0.0493. The smallest absolute Gasteiger partial charge is 0.294 e. The summed E-state index contributed by atoms with van der Waals surface area (Å²) in [5.41, 5.74) is 0.559. The lowest BCUT2D eigenvalue weighted by atomic mass is 10.2. The minimum Gasteiger partial charge on any atom is -0.447 e. The van der Waals surface area contributed by atoms with Gasteiger partial charge in [-0.15, -0.1) is 0 Å². The predicted molar refractivity (Wildman–Crippen MR) is 139 cm³/mol. The molecule has 200 valence electrons. The number of nitrogens with zero attached hydrogens (tertiary/aromatic N) is 4. The van der Waals surface area contributed by atoms with Crippen molar-refractivity contribution >= 4 is 57.8 Å². The van der Waals surface area contributed by atoms with Crippen LogP contribution in [0.5, 0.6) is 0 Å². The van der Waals surface area contributed by atoms with Gasteiger partial charge in [0.2, 0.25) is 17.6 Å². The van der Waals surface area contributed by atoms with Crippen LogP contribution >= 0.6 is 11.6 Å². The van der Waals surface area contributed by atoms with Crippen LogP contribution in [0, 0.1) is 0 Å². The van der Waals surface area contributed by atoms with Gasteiger partial charge in [-0.25, -0.2) is 9.97 Å². The second-order valence-corrected chi connectivity index (χ2v) is 9.24. The van der Waals surface area contributed by atoms with E-state index in [0.717, 1.165) is 0 Å². The van der Waals surface area contributed by atoms with E-state index in [9.17, 15) is 19.2 Å². The molecule has 38 heavy (non-hydrogen) atoms. The third-order valence-corrected chi connectivity index (χ3v) is 5.99. The second-order valence-electron chi connectivity index (χ2n) is 8.80. The third kappa shape index (κ3) is 6.45. The number of nitrogens with one attached hydrogen (secondary N) is 2. The van der Waals surface area contributed by atoms with Gasteiger partial charge >= 0.3 is 0 Å². The Morgan fingerprint density at radius 2 is 1.95 bits per heavy atom. The van der Waals surface area contributed by atoms with E-state index in [-0.39, 0.29) is 64.8 Å². The standard InChI is InChI=1S/C25H27ClN6O6/c1-31(2)25(36)16-7-8-17-21(28-16)22(23(38-17)24(35)29-18-9-6-15(26)13-27-18)30-19(33)5-3-4-10-32-11-12-37-14-20(32)34/h6-9,13H,3-5,10-12,14H2,1-2H3,(H,30,33)(H,27,29,35). The molecule has 3 aromatic rings. The SMILES string of the molecule is CN(C)C(=O)c1ccc2oc(C(=O)Nc3ccc(Cl)cn3)c(NC(=O)CCCCN3CCOCC3=O)c2n1. The Labute approximate surface area is 223 Å². The van der Waals surface area contributed by atoms with E-state index in [2.05, 4.69) is 20.6 Å². The Kier molecular flexibility index (Phi) is 8.54. The molecule has 2 N–H and O–H groups in total. The van der Waals surface area contributed by atoms with Gasteiger partial charge in [0.15, 0.2) is 5.58 Å². The molecule has 0 aromatic carbocycles. The van der Waals surface area contributed by atoms with Crippen molar-refractivity contribution in [3.8, 4) is 0 Å². The lowest BCUT2D eigenvalue weighted by molar-refractivity contribution is -0.142. The molecule has 1 aliphatic rings. The molecular formula is C25H27ClN6O6. The van der Waals surface area contributed by atoms with Crippen LogP contribution in [0.2, 0.25) is 5.02 Å². The van der Waals surface area contributed by atoms with E-state index in [1.165, 1.54) is 29.3 Å². The molecule has 0 unspecified atom stereocenters. The Balaban J connectivity index is 1.52. The Morgan fingerprint density at radius 3 is 2.66 bits per heavy atom. The fraction of sp³-hybridized carbons (Fsp3) is 0.360. The number of pyridine rings is 2. The summed E-state index contributed by atoms with van der Waals surface area (Å²) in [7, 11) is 3.18. The zero-order valence-corrected chi connectivity index (χ0v) is 21.7. The van der Waals surface area contributed by atoms with E-state index in [1.54, 1.807) is 25.1 Å². The van der Waals surface area contributed by atoms with Crippen molar-refractivity contribution in [1.29, 1.82) is 0 Å². The van der Waals surface area contributed by atoms with Crippen molar-refractivity contribution in [2.45, 2.75) is 19.3 Å². The molecule has 0 atom stereocenters. The molecule has 1 aliphatic heterocycles. The number of furan rings is 1. The third-order valence-electron chi connectivity index (χ3n) is 5.76. The molecule has 4 amide bonds. The topological polar surface area (TPSA) is 147 Å². The minimum atomic E-state index is -0.667. The molecule has 1 saturated heterocycles. The van der Waals surface area contributed by atoms with Gasteiger partial charge in [-0.2, -0.15) is 0 Å². The highest BCUT2D eigenvalue weighted by Crippen LogP contribution is 2.31.